The molecule has 2 aromatic rings. The third-order valence-electron chi connectivity index (χ3n) is 2.25. The molecule has 0 unspecified atom stereocenters. The van der Waals surface area contributed by atoms with Crippen LogP contribution >= 0.6 is 0 Å². The van der Waals surface area contributed by atoms with Crippen LogP contribution < -0.4 is 0 Å². The van der Waals surface area contributed by atoms with E-state index >= 15 is 0 Å². The first-order valence-corrected chi connectivity index (χ1v) is 7.01. The Labute approximate surface area is 103 Å². The number of imidazole rings is 1. The van der Waals surface area contributed by atoms with Gasteiger partial charge in [-0.15, -0.1) is 0 Å². The van der Waals surface area contributed by atoms with Crippen molar-refractivity contribution >= 4 is 15.4 Å². The van der Waals surface area contributed by atoms with Gasteiger partial charge in [-0.3, -0.25) is 0 Å². The molecule has 0 amide bonds. The Bertz CT molecular complexity index is 684. The summed E-state index contributed by atoms with van der Waals surface area (Å²) < 4.78 is 33.8. The molecule has 2 aromatic heterocycles. The van der Waals surface area contributed by atoms with Crippen LogP contribution in [0.2, 0.25) is 0 Å². The smallest absolute Gasteiger partial charge is 0.198 e. The largest absolute Gasteiger partial charge is 0.305 e. The lowest BCUT2D eigenvalue weighted by Crippen LogP contribution is -2.21. The van der Waals surface area contributed by atoms with Crippen molar-refractivity contribution in [3.05, 3.63) is 30.7 Å². The first-order chi connectivity index (χ1) is 8.21. The first-order valence-electron chi connectivity index (χ1n) is 5.86. The molecule has 92 valence electrons. The van der Waals surface area contributed by atoms with Crippen molar-refractivity contribution in [3.8, 4) is 0 Å². The Morgan fingerprint density at radius 2 is 2.12 bits per heavy atom. The Hall–Kier alpha value is -1.36. The van der Waals surface area contributed by atoms with Crippen molar-refractivity contribution in [3.63, 3.8) is 0 Å². The second kappa shape index (κ2) is 3.84. The number of hydrogen-bond acceptors (Lipinski definition) is 3. The highest BCUT2D eigenvalue weighted by Gasteiger charge is 2.26. The highest BCUT2D eigenvalue weighted by Crippen LogP contribution is 2.23. The summed E-state index contributed by atoms with van der Waals surface area (Å²) in [5.74, 6) is 0.0366. The zero-order valence-corrected chi connectivity index (χ0v) is 11.0. The first kappa shape index (κ1) is 10.8. The second-order valence-electron chi connectivity index (χ2n) is 5.28. The van der Waals surface area contributed by atoms with Gasteiger partial charge in [0.05, 0.1) is 12.6 Å². The van der Waals surface area contributed by atoms with Crippen LogP contribution in [0.15, 0.2) is 35.7 Å². The average molecular weight is 253 g/mol. The normalized spacial score (nSPS) is 13.9. The third kappa shape index (κ3) is 2.49. The molecule has 0 aliphatic carbocycles. The van der Waals surface area contributed by atoms with Gasteiger partial charge in [-0.25, -0.2) is 13.4 Å². The predicted octanol–water partition coefficient (Wildman–Crippen LogP) is 2.15. The van der Waals surface area contributed by atoms with Crippen molar-refractivity contribution in [1.29, 1.82) is 0 Å². The van der Waals surface area contributed by atoms with E-state index in [1.807, 2.05) is 20.8 Å². The van der Waals surface area contributed by atoms with Crippen molar-refractivity contribution in [2.24, 2.45) is 5.41 Å². The molecule has 0 radical (unpaired) electrons. The summed E-state index contributed by atoms with van der Waals surface area (Å²) in [6.07, 6.45) is 1.60. The lowest BCUT2D eigenvalue weighted by atomic mass is 10.0. The summed E-state index contributed by atoms with van der Waals surface area (Å²) in [5, 5.41) is 0.0616. The molecule has 0 aromatic carbocycles. The molecule has 0 spiro atoms. The predicted molar refractivity (Wildman–Crippen MR) is 66.7 cm³/mol. The zero-order chi connectivity index (χ0) is 13.6. The number of nitrogens with zero attached hydrogens (tertiary/aromatic N) is 2. The van der Waals surface area contributed by atoms with Crippen LogP contribution in [-0.4, -0.2) is 23.6 Å². The summed E-state index contributed by atoms with van der Waals surface area (Å²) in [7, 11) is -3.43. The fourth-order valence-corrected chi connectivity index (χ4v) is 3.71. The standard InChI is InChI=1S/C12H16N2O2S/c1-12(2,3)8-17(15,16)11-10-6-4-5-7-14(10)9-13-11/h4-7,9H,8H2,1-3H3/i7D. The van der Waals surface area contributed by atoms with Crippen LogP contribution in [-0.2, 0) is 9.84 Å². The summed E-state index contributed by atoms with van der Waals surface area (Å²) in [5.41, 5.74) is 0.139. The van der Waals surface area contributed by atoms with Crippen LogP contribution in [0, 0.1) is 5.41 Å². The van der Waals surface area contributed by atoms with E-state index in [2.05, 4.69) is 4.98 Å². The van der Waals surface area contributed by atoms with E-state index in [4.69, 9.17) is 1.37 Å². The molecule has 0 aliphatic heterocycles. The van der Waals surface area contributed by atoms with Gasteiger partial charge in [0.2, 0.25) is 0 Å². The van der Waals surface area contributed by atoms with Crippen LogP contribution in [0.4, 0.5) is 0 Å². The number of aromatic nitrogens is 2. The number of rotatable bonds is 2. The highest BCUT2D eigenvalue weighted by molar-refractivity contribution is 7.91. The maximum absolute atomic E-state index is 12.3. The van der Waals surface area contributed by atoms with E-state index in [0.717, 1.165) is 0 Å². The van der Waals surface area contributed by atoms with E-state index in [1.54, 1.807) is 18.2 Å². The minimum Gasteiger partial charge on any atom is -0.305 e. The molecular weight excluding hydrogens is 236 g/mol. The SMILES string of the molecule is [2H]c1cccc2c(S(=O)(=O)CC(C)(C)C)ncn12. The summed E-state index contributed by atoms with van der Waals surface area (Å²) >= 11 is 0. The minimum atomic E-state index is -3.43. The topological polar surface area (TPSA) is 51.4 Å². The van der Waals surface area contributed by atoms with Crippen LogP contribution in [0.5, 0.6) is 0 Å². The van der Waals surface area contributed by atoms with Gasteiger partial charge in [0.25, 0.3) is 0 Å². The van der Waals surface area contributed by atoms with Gasteiger partial charge in [-0.05, 0) is 17.5 Å². The maximum Gasteiger partial charge on any atom is 0.198 e. The highest BCUT2D eigenvalue weighted by atomic mass is 32.2. The molecule has 0 saturated carbocycles. The summed E-state index contributed by atoms with van der Waals surface area (Å²) in [6, 6.07) is 4.92. The molecule has 0 bridgehead atoms. The summed E-state index contributed by atoms with van der Waals surface area (Å²) in [4.78, 5) is 3.97. The van der Waals surface area contributed by atoms with Gasteiger partial charge in [0, 0.05) is 6.17 Å². The van der Waals surface area contributed by atoms with Gasteiger partial charge in [-0.2, -0.15) is 0 Å². The molecular formula is C12H16N2O2S. The molecule has 0 atom stereocenters. The fourth-order valence-electron chi connectivity index (χ4n) is 1.74. The van der Waals surface area contributed by atoms with Gasteiger partial charge < -0.3 is 4.40 Å². The lowest BCUT2D eigenvalue weighted by molar-refractivity contribution is 0.461. The quantitative estimate of drug-likeness (QED) is 0.824. The van der Waals surface area contributed by atoms with E-state index in [1.165, 1.54) is 10.7 Å². The Kier molecular flexibility index (Phi) is 2.43. The monoisotopic (exact) mass is 253 g/mol. The molecule has 0 N–H and O–H groups in total. The molecule has 17 heavy (non-hydrogen) atoms. The van der Waals surface area contributed by atoms with E-state index in [0.29, 0.717) is 5.52 Å². The minimum absolute atomic E-state index is 0.0366. The lowest BCUT2D eigenvalue weighted by Gasteiger charge is -2.17. The molecule has 2 heterocycles. The molecule has 5 heteroatoms. The van der Waals surface area contributed by atoms with Crippen molar-refractivity contribution in [1.82, 2.24) is 9.38 Å². The molecule has 0 saturated heterocycles. The van der Waals surface area contributed by atoms with E-state index < -0.39 is 9.84 Å². The van der Waals surface area contributed by atoms with Crippen molar-refractivity contribution in [2.45, 2.75) is 25.8 Å². The van der Waals surface area contributed by atoms with Gasteiger partial charge in [0.15, 0.2) is 14.9 Å². The van der Waals surface area contributed by atoms with Crippen LogP contribution in [0.1, 0.15) is 22.1 Å². The summed E-state index contributed by atoms with van der Waals surface area (Å²) in [6.45, 7) is 5.62. The van der Waals surface area contributed by atoms with E-state index in [-0.39, 0.29) is 22.4 Å². The Balaban J connectivity index is 2.59. The van der Waals surface area contributed by atoms with Crippen LogP contribution in [0.3, 0.4) is 0 Å². The Morgan fingerprint density at radius 1 is 1.41 bits per heavy atom. The van der Waals surface area contributed by atoms with Crippen molar-refractivity contribution < 1.29 is 9.79 Å². The zero-order valence-electron chi connectivity index (χ0n) is 11.1. The Morgan fingerprint density at radius 3 is 2.76 bits per heavy atom. The van der Waals surface area contributed by atoms with Gasteiger partial charge in [0.1, 0.15) is 6.33 Å². The molecule has 0 aliphatic rings. The fraction of sp³-hybridized carbons (Fsp3) is 0.417. The van der Waals surface area contributed by atoms with Crippen molar-refractivity contribution in [2.75, 3.05) is 5.75 Å². The average Bonchev–Trinajstić information content (AvgIpc) is 2.59. The molecule has 4 nitrogen and oxygen atoms in total. The molecule has 2 rings (SSSR count). The van der Waals surface area contributed by atoms with E-state index in [9.17, 15) is 8.42 Å². The van der Waals surface area contributed by atoms with Gasteiger partial charge >= 0.3 is 0 Å². The van der Waals surface area contributed by atoms with Gasteiger partial charge in [-0.1, -0.05) is 26.8 Å². The number of sulfone groups is 1. The maximum atomic E-state index is 12.3. The third-order valence-corrected chi connectivity index (χ3v) is 4.40. The molecule has 0 fully saturated rings. The number of pyridine rings is 1. The number of hydrogen-bond donors (Lipinski definition) is 0. The van der Waals surface area contributed by atoms with Crippen LogP contribution in [0.25, 0.3) is 5.52 Å². The number of fused-ring (bicyclic) bond motifs is 1. The second-order valence-corrected chi connectivity index (χ2v) is 7.18.